The molecule has 2 saturated carbocycles. The Balaban J connectivity index is 1.13. The maximum atomic E-state index is 12.2. The smallest absolute Gasteiger partial charge is 0.436 e. The molecule has 0 amide bonds. The zero-order valence-electron chi connectivity index (χ0n) is 28.2. The SMILES string of the molecule is COC(=O)O/N=C(/C[C@H]1O[C@@H]2O[C@]3(C)CC[C@H]4[C@H](C)CC[C@@H]([C@H]1C)C24OO3)[C@H]1O[C@@H]2O[C@]3(C)CC[C@H]4[C@H](C)CC[C@@H]([C@H]1C)C24OO3. The monoisotopic (exact) mass is 649 g/mol. The van der Waals surface area contributed by atoms with E-state index in [1.807, 2.05) is 13.8 Å². The second kappa shape index (κ2) is 11.1. The Bertz CT molecular complexity index is 1250. The van der Waals surface area contributed by atoms with Crippen molar-refractivity contribution < 1.29 is 52.9 Å². The Hall–Kier alpha value is -1.38. The molecule has 0 radical (unpaired) electrons. The zero-order chi connectivity index (χ0) is 32.2. The third-order valence-electron chi connectivity index (χ3n) is 13.6. The van der Waals surface area contributed by atoms with Crippen molar-refractivity contribution in [3.63, 3.8) is 0 Å². The van der Waals surface area contributed by atoms with Crippen LogP contribution in [0.5, 0.6) is 0 Å². The Kier molecular flexibility index (Phi) is 7.66. The number of ether oxygens (including phenoxy) is 5. The third-order valence-corrected chi connectivity index (χ3v) is 13.6. The summed E-state index contributed by atoms with van der Waals surface area (Å²) in [5.41, 5.74) is -0.806. The second-order valence-corrected chi connectivity index (χ2v) is 16.1. The van der Waals surface area contributed by atoms with E-state index in [0.29, 0.717) is 24.0 Å². The molecule has 12 nitrogen and oxygen atoms in total. The standard InChI is InChI=1S/C34H51NO11/c1-17-8-10-23-19(3)26(38-28-33(23)21(17)12-14-31(5,40-28)43-45-33)16-25(35-42-30(36)37-7)27-20(4)24-11-9-18(2)22-13-15-32(6)41-29(39-27)34(22,24)46-44-32/h17-24,26-29H,8-16H2,1-7H3/b35-25-/t17-,18-,19-,20-,21+,22+,23+,24+,26-,27+,28-,29-,31+,32+,33?,34?/m1/s1. The number of carbonyl (C=O) groups excluding carboxylic acids is 1. The highest BCUT2D eigenvalue weighted by atomic mass is 17.3. The van der Waals surface area contributed by atoms with Crippen LogP contribution in [0.25, 0.3) is 0 Å². The highest BCUT2D eigenvalue weighted by molar-refractivity contribution is 5.89. The van der Waals surface area contributed by atoms with Gasteiger partial charge in [-0.25, -0.2) is 24.3 Å². The number of hydrogen-bond acceptors (Lipinski definition) is 12. The van der Waals surface area contributed by atoms with Gasteiger partial charge in [-0.2, -0.15) is 0 Å². The summed E-state index contributed by atoms with van der Waals surface area (Å²) in [5, 5.41) is 4.44. The molecule has 4 bridgehead atoms. The minimum Gasteiger partial charge on any atom is -0.436 e. The Morgan fingerprint density at radius 3 is 1.83 bits per heavy atom. The molecule has 258 valence electrons. The normalized spacial score (nSPS) is 55.8. The summed E-state index contributed by atoms with van der Waals surface area (Å²) < 4.78 is 31.9. The van der Waals surface area contributed by atoms with Gasteiger partial charge in [-0.1, -0.05) is 32.9 Å². The lowest BCUT2D eigenvalue weighted by atomic mass is 9.56. The molecule has 10 aliphatic rings. The highest BCUT2D eigenvalue weighted by Gasteiger charge is 2.71. The molecule has 2 spiro atoms. The quantitative estimate of drug-likeness (QED) is 0.117. The van der Waals surface area contributed by atoms with E-state index in [9.17, 15) is 4.79 Å². The number of fused-ring (bicyclic) bond motifs is 4. The van der Waals surface area contributed by atoms with Crippen LogP contribution in [-0.2, 0) is 48.1 Å². The Morgan fingerprint density at radius 2 is 1.26 bits per heavy atom. The van der Waals surface area contributed by atoms with Gasteiger partial charge in [0, 0.05) is 31.1 Å². The van der Waals surface area contributed by atoms with Gasteiger partial charge in [-0.3, -0.25) is 4.84 Å². The number of nitrogens with zero attached hydrogens (tertiary/aromatic N) is 1. The molecular weight excluding hydrogens is 598 g/mol. The fourth-order valence-electron chi connectivity index (χ4n) is 11.0. The van der Waals surface area contributed by atoms with Gasteiger partial charge in [-0.05, 0) is 87.9 Å². The van der Waals surface area contributed by atoms with E-state index in [4.69, 9.17) is 48.1 Å². The summed E-state index contributed by atoms with van der Waals surface area (Å²) in [6, 6.07) is 0. The van der Waals surface area contributed by atoms with Crippen LogP contribution in [0.15, 0.2) is 5.16 Å². The van der Waals surface area contributed by atoms with Crippen molar-refractivity contribution in [2.45, 2.75) is 147 Å². The first-order chi connectivity index (χ1) is 21.9. The maximum Gasteiger partial charge on any atom is 0.534 e. The summed E-state index contributed by atoms with van der Waals surface area (Å²) in [4.78, 5) is 42.3. The topological polar surface area (TPSA) is 122 Å². The number of hydrogen-bond donors (Lipinski definition) is 0. The van der Waals surface area contributed by atoms with Crippen molar-refractivity contribution in [2.75, 3.05) is 7.11 Å². The van der Waals surface area contributed by atoms with Crippen molar-refractivity contribution in [1.82, 2.24) is 0 Å². The molecule has 0 aromatic heterocycles. The molecular formula is C34H51NO11. The van der Waals surface area contributed by atoms with Gasteiger partial charge >= 0.3 is 6.16 Å². The van der Waals surface area contributed by atoms with Gasteiger partial charge < -0.3 is 23.7 Å². The van der Waals surface area contributed by atoms with Gasteiger partial charge in [0.2, 0.25) is 11.6 Å². The van der Waals surface area contributed by atoms with E-state index in [2.05, 4.69) is 32.9 Å². The molecule has 8 saturated heterocycles. The fourth-order valence-corrected chi connectivity index (χ4v) is 11.0. The van der Waals surface area contributed by atoms with Gasteiger partial charge in [0.1, 0.15) is 6.10 Å². The lowest BCUT2D eigenvalue weighted by Gasteiger charge is -2.61. The average molecular weight is 650 g/mol. The van der Waals surface area contributed by atoms with Crippen LogP contribution in [0.2, 0.25) is 0 Å². The van der Waals surface area contributed by atoms with Crippen molar-refractivity contribution in [3.8, 4) is 0 Å². The first kappa shape index (κ1) is 31.9. The molecule has 2 aliphatic carbocycles. The summed E-state index contributed by atoms with van der Waals surface area (Å²) >= 11 is 0. The van der Waals surface area contributed by atoms with Crippen LogP contribution in [0, 0.1) is 47.3 Å². The summed E-state index contributed by atoms with van der Waals surface area (Å²) in [6.07, 6.45) is 4.93. The lowest BCUT2D eigenvalue weighted by Crippen LogP contribution is -2.71. The third kappa shape index (κ3) is 4.53. The molecule has 2 unspecified atom stereocenters. The largest absolute Gasteiger partial charge is 0.534 e. The summed E-state index contributed by atoms with van der Waals surface area (Å²) in [7, 11) is 1.27. The summed E-state index contributed by atoms with van der Waals surface area (Å²) in [6.45, 7) is 12.9. The van der Waals surface area contributed by atoms with Crippen LogP contribution in [0.3, 0.4) is 0 Å². The van der Waals surface area contributed by atoms with E-state index in [1.54, 1.807) is 0 Å². The summed E-state index contributed by atoms with van der Waals surface area (Å²) in [5.74, 6) is -0.0609. The van der Waals surface area contributed by atoms with Crippen LogP contribution < -0.4 is 0 Å². The molecule has 0 N–H and O–H groups in total. The Labute approximate surface area is 271 Å². The second-order valence-electron chi connectivity index (χ2n) is 16.1. The molecule has 10 rings (SSSR count). The molecule has 8 heterocycles. The lowest BCUT2D eigenvalue weighted by molar-refractivity contribution is -0.571. The van der Waals surface area contributed by atoms with Gasteiger partial charge in [0.05, 0.1) is 18.9 Å². The van der Waals surface area contributed by atoms with E-state index >= 15 is 0 Å². The molecule has 0 aromatic rings. The van der Waals surface area contributed by atoms with Crippen molar-refractivity contribution in [2.24, 2.45) is 52.5 Å². The molecule has 12 heteroatoms. The highest BCUT2D eigenvalue weighted by Crippen LogP contribution is 2.63. The number of rotatable bonds is 4. The van der Waals surface area contributed by atoms with Crippen molar-refractivity contribution in [3.05, 3.63) is 0 Å². The van der Waals surface area contributed by atoms with Gasteiger partial charge in [0.25, 0.3) is 0 Å². The molecule has 46 heavy (non-hydrogen) atoms. The minimum absolute atomic E-state index is 0.0353. The van der Waals surface area contributed by atoms with E-state index in [-0.39, 0.29) is 41.6 Å². The predicted octanol–water partition coefficient (Wildman–Crippen LogP) is 6.02. The number of carbonyl (C=O) groups is 1. The van der Waals surface area contributed by atoms with Crippen LogP contribution in [0.4, 0.5) is 4.79 Å². The van der Waals surface area contributed by atoms with Crippen LogP contribution in [0.1, 0.15) is 99.3 Å². The maximum absolute atomic E-state index is 12.2. The van der Waals surface area contributed by atoms with Gasteiger partial charge in [0.15, 0.2) is 23.8 Å². The minimum atomic E-state index is -0.902. The van der Waals surface area contributed by atoms with Gasteiger partial charge in [-0.15, -0.1) is 0 Å². The number of oxime groups is 1. The van der Waals surface area contributed by atoms with Crippen LogP contribution in [-0.4, -0.2) is 66.5 Å². The average Bonchev–Trinajstić information content (AvgIpc) is 3.41. The van der Waals surface area contributed by atoms with E-state index < -0.39 is 47.6 Å². The first-order valence-corrected chi connectivity index (χ1v) is 17.6. The zero-order valence-corrected chi connectivity index (χ0v) is 28.2. The number of methoxy groups -OCH3 is 1. The molecule has 0 aromatic carbocycles. The van der Waals surface area contributed by atoms with E-state index in [1.165, 1.54) is 7.11 Å². The molecule has 10 fully saturated rings. The predicted molar refractivity (Wildman–Crippen MR) is 159 cm³/mol. The van der Waals surface area contributed by atoms with Crippen molar-refractivity contribution in [1.29, 1.82) is 0 Å². The molecule has 8 aliphatic heterocycles. The van der Waals surface area contributed by atoms with Crippen LogP contribution >= 0.6 is 0 Å². The Morgan fingerprint density at radius 1 is 0.717 bits per heavy atom. The van der Waals surface area contributed by atoms with E-state index in [0.717, 1.165) is 51.4 Å². The van der Waals surface area contributed by atoms with Crippen molar-refractivity contribution >= 4 is 11.9 Å². The fraction of sp³-hybridized carbons (Fsp3) is 0.941. The molecule has 16 atom stereocenters. The first-order valence-electron chi connectivity index (χ1n) is 17.6.